The van der Waals surface area contributed by atoms with Crippen molar-refractivity contribution in [1.29, 1.82) is 0 Å². The molecule has 8 aromatic carbocycles. The second kappa shape index (κ2) is 11.8. The van der Waals surface area contributed by atoms with Crippen molar-refractivity contribution in [2.75, 3.05) is 0 Å². The Morgan fingerprint density at radius 2 is 1.25 bits per heavy atom. The van der Waals surface area contributed by atoms with Gasteiger partial charge in [0.2, 0.25) is 0 Å². The van der Waals surface area contributed by atoms with E-state index in [0.29, 0.717) is 0 Å². The highest BCUT2D eigenvalue weighted by Crippen LogP contribution is 2.45. The first-order chi connectivity index (χ1) is 27.3. The summed E-state index contributed by atoms with van der Waals surface area (Å²) in [6.45, 7) is 0. The molecule has 0 amide bonds. The molecule has 1 aliphatic heterocycles. The summed E-state index contributed by atoms with van der Waals surface area (Å²) in [7, 11) is 0. The van der Waals surface area contributed by atoms with Crippen LogP contribution < -0.4 is 15.9 Å². The molecule has 0 saturated heterocycles. The molecule has 12 rings (SSSR count). The number of fused-ring (bicyclic) bond motifs is 11. The summed E-state index contributed by atoms with van der Waals surface area (Å²) in [6.07, 6.45) is -0.318. The van der Waals surface area contributed by atoms with Crippen LogP contribution in [0.15, 0.2) is 185 Å². The number of nitrogens with zero attached hydrogens (tertiary/aromatic N) is 2. The zero-order chi connectivity index (χ0) is 36.0. The first kappa shape index (κ1) is 30.5. The number of hydrogen-bond donors (Lipinski definition) is 1. The number of nitrogens with one attached hydrogen (secondary N) is 1. The Bertz CT molecular complexity index is 3460. The lowest BCUT2D eigenvalue weighted by Crippen LogP contribution is -2.39. The molecule has 4 heterocycles. The van der Waals surface area contributed by atoms with Gasteiger partial charge in [-0.3, -0.25) is 4.99 Å². The van der Waals surface area contributed by atoms with Gasteiger partial charge in [-0.05, 0) is 53.1 Å². The third kappa shape index (κ3) is 4.54. The fraction of sp³-hybridized carbons (Fsp3) is 0.0200. The fourth-order valence-electron chi connectivity index (χ4n) is 8.79. The molecule has 0 spiro atoms. The molecule has 0 saturated carbocycles. The van der Waals surface area contributed by atoms with Crippen LogP contribution in [0.2, 0.25) is 0 Å². The van der Waals surface area contributed by atoms with E-state index in [9.17, 15) is 0 Å². The van der Waals surface area contributed by atoms with Crippen molar-refractivity contribution in [1.82, 2.24) is 9.88 Å². The molecule has 11 aromatic rings. The average Bonchev–Trinajstić information content (AvgIpc) is 3.93. The topological polar surface area (TPSA) is 42.5 Å². The molecule has 1 atom stereocenters. The lowest BCUT2D eigenvalue weighted by Gasteiger charge is -2.23. The Morgan fingerprint density at radius 3 is 2.16 bits per heavy atom. The molecule has 3 aromatic heterocycles. The van der Waals surface area contributed by atoms with Crippen LogP contribution in [0.25, 0.3) is 86.4 Å². The summed E-state index contributed by atoms with van der Waals surface area (Å²) in [5, 5.41) is 13.2. The molecule has 4 nitrogen and oxygen atoms in total. The number of aromatic nitrogens is 1. The van der Waals surface area contributed by atoms with Crippen LogP contribution in [-0.2, 0) is 0 Å². The summed E-state index contributed by atoms with van der Waals surface area (Å²) in [5.41, 5.74) is 10.7. The highest BCUT2D eigenvalue weighted by Gasteiger charge is 2.25. The van der Waals surface area contributed by atoms with Crippen LogP contribution in [0.1, 0.15) is 17.3 Å². The molecule has 1 N–H and O–H groups in total. The molecule has 0 bridgehead atoms. The molecule has 0 fully saturated rings. The first-order valence-electron chi connectivity index (χ1n) is 18.7. The number of para-hydroxylation sites is 3. The van der Waals surface area contributed by atoms with Crippen LogP contribution in [0.4, 0.5) is 0 Å². The third-order valence-corrected chi connectivity index (χ3v) is 12.5. The molecule has 1 unspecified atom stereocenters. The Kier molecular flexibility index (Phi) is 6.53. The van der Waals surface area contributed by atoms with E-state index in [-0.39, 0.29) is 6.17 Å². The Balaban J connectivity index is 1.04. The van der Waals surface area contributed by atoms with Gasteiger partial charge in [0, 0.05) is 52.5 Å². The van der Waals surface area contributed by atoms with Gasteiger partial charge in [0.15, 0.2) is 5.58 Å². The van der Waals surface area contributed by atoms with Crippen molar-refractivity contribution in [2.24, 2.45) is 4.99 Å². The van der Waals surface area contributed by atoms with E-state index in [4.69, 9.17) is 9.41 Å². The number of benzene rings is 8. The lowest BCUT2D eigenvalue weighted by atomic mass is 9.99. The molecule has 0 aliphatic carbocycles. The summed E-state index contributed by atoms with van der Waals surface area (Å²) >= 11 is 1.88. The van der Waals surface area contributed by atoms with Gasteiger partial charge in [0.25, 0.3) is 0 Å². The standard InChI is InChI=1S/C50H31N3OS/c1-2-12-30(13-3-1)31-24-26-32(27-25-31)47-35-15-4-7-19-39(35)51-50(52-47)38-18-11-22-43-45(38)37-17-10-21-42(48(37)54-43)53-40-20-8-5-16-36(40)46-41(53)29-28-34-33-14-6-9-23-44(33)55-49(34)46/h1-29,50,52H. The molecule has 5 heteroatoms. The zero-order valence-electron chi connectivity index (χ0n) is 29.5. The van der Waals surface area contributed by atoms with Gasteiger partial charge in [0.1, 0.15) is 11.7 Å². The smallest absolute Gasteiger partial charge is 0.159 e. The zero-order valence-corrected chi connectivity index (χ0v) is 30.3. The molecule has 55 heavy (non-hydrogen) atoms. The Hall–Kier alpha value is -6.95. The van der Waals surface area contributed by atoms with E-state index in [1.807, 2.05) is 11.3 Å². The second-order valence-corrected chi connectivity index (χ2v) is 15.3. The monoisotopic (exact) mass is 721 g/mol. The van der Waals surface area contributed by atoms with Crippen LogP contribution in [-0.4, -0.2) is 4.57 Å². The van der Waals surface area contributed by atoms with Gasteiger partial charge in [-0.1, -0.05) is 140 Å². The lowest BCUT2D eigenvalue weighted by molar-refractivity contribution is 0.636. The minimum Gasteiger partial charge on any atom is -0.454 e. The Morgan fingerprint density at radius 1 is 0.527 bits per heavy atom. The number of thiophene rings is 1. The number of furan rings is 1. The minimum absolute atomic E-state index is 0.318. The largest absolute Gasteiger partial charge is 0.454 e. The third-order valence-electron chi connectivity index (χ3n) is 11.3. The van der Waals surface area contributed by atoms with Crippen LogP contribution in [0.3, 0.4) is 0 Å². The highest BCUT2D eigenvalue weighted by atomic mass is 32.1. The van der Waals surface area contributed by atoms with Crippen LogP contribution in [0.5, 0.6) is 0 Å². The fourth-order valence-corrected chi connectivity index (χ4v) is 10.0. The van der Waals surface area contributed by atoms with Gasteiger partial charge in [-0.2, -0.15) is 0 Å². The quantitative estimate of drug-likeness (QED) is 0.197. The second-order valence-electron chi connectivity index (χ2n) is 14.3. The number of rotatable bonds is 4. The maximum Gasteiger partial charge on any atom is 0.159 e. The van der Waals surface area contributed by atoms with E-state index in [1.165, 1.54) is 47.6 Å². The summed E-state index contributed by atoms with van der Waals surface area (Å²) < 4.78 is 11.9. The number of hydrogen-bond acceptors (Lipinski definition) is 4. The van der Waals surface area contributed by atoms with E-state index in [2.05, 4.69) is 186 Å². The van der Waals surface area contributed by atoms with Crippen LogP contribution in [0, 0.1) is 0 Å². The predicted molar refractivity (Wildman–Crippen MR) is 228 cm³/mol. The van der Waals surface area contributed by atoms with E-state index < -0.39 is 0 Å². The van der Waals surface area contributed by atoms with Crippen molar-refractivity contribution in [3.63, 3.8) is 0 Å². The van der Waals surface area contributed by atoms with Gasteiger partial charge in [-0.25, -0.2) is 0 Å². The van der Waals surface area contributed by atoms with Crippen molar-refractivity contribution < 1.29 is 4.42 Å². The average molecular weight is 722 g/mol. The molecule has 1 aliphatic rings. The predicted octanol–water partition coefficient (Wildman–Crippen LogP) is 11.8. The van der Waals surface area contributed by atoms with Gasteiger partial charge in [-0.15, -0.1) is 11.3 Å². The van der Waals surface area contributed by atoms with E-state index in [0.717, 1.165) is 60.5 Å². The van der Waals surface area contributed by atoms with Gasteiger partial charge < -0.3 is 14.3 Å². The summed E-state index contributed by atoms with van der Waals surface area (Å²) in [5.74, 6) is 0. The van der Waals surface area contributed by atoms with E-state index >= 15 is 0 Å². The maximum atomic E-state index is 6.91. The molecule has 258 valence electrons. The Labute approximate surface area is 319 Å². The maximum absolute atomic E-state index is 6.91. The van der Waals surface area contributed by atoms with Crippen LogP contribution >= 0.6 is 11.3 Å². The summed E-state index contributed by atoms with van der Waals surface area (Å²) in [4.78, 5) is 5.32. The van der Waals surface area contributed by atoms with Crippen molar-refractivity contribution in [2.45, 2.75) is 6.17 Å². The van der Waals surface area contributed by atoms with E-state index in [1.54, 1.807) is 0 Å². The molecule has 0 radical (unpaired) electrons. The van der Waals surface area contributed by atoms with Gasteiger partial charge >= 0.3 is 0 Å². The normalized spacial score (nSPS) is 14.3. The van der Waals surface area contributed by atoms with Crippen molar-refractivity contribution >= 4 is 81.0 Å². The molecular formula is C50H31N3OS. The van der Waals surface area contributed by atoms with Gasteiger partial charge in [0.05, 0.1) is 27.8 Å². The highest BCUT2D eigenvalue weighted by molar-refractivity contribution is 7.26. The summed E-state index contributed by atoms with van der Waals surface area (Å²) in [6, 6.07) is 62.7. The first-order valence-corrected chi connectivity index (χ1v) is 19.5. The molecular weight excluding hydrogens is 691 g/mol. The van der Waals surface area contributed by atoms with Crippen molar-refractivity contribution in [3.05, 3.63) is 198 Å². The minimum atomic E-state index is -0.318. The SMILES string of the molecule is c1ccc(-c2ccc(C3=c4ccccc4=NC(c4cccc5oc6c(-n7c8ccccc8c8c9sc%10ccccc%10c9ccc87)cccc6c45)N3)cc2)cc1. The van der Waals surface area contributed by atoms with Crippen molar-refractivity contribution in [3.8, 4) is 16.8 Å².